The summed E-state index contributed by atoms with van der Waals surface area (Å²) in [6.45, 7) is 1.95. The number of phenolic OH excluding ortho intramolecular Hbond substituents is 1. The van der Waals surface area contributed by atoms with Gasteiger partial charge in [0.25, 0.3) is 0 Å². The summed E-state index contributed by atoms with van der Waals surface area (Å²) < 4.78 is 0. The lowest BCUT2D eigenvalue weighted by Crippen LogP contribution is -2.58. The molecule has 0 saturated carbocycles. The molecule has 0 fully saturated rings. The van der Waals surface area contributed by atoms with Gasteiger partial charge in [-0.15, -0.1) is 0 Å². The molecule has 0 aromatic heterocycles. The molecular weight excluding hydrogens is 412 g/mol. The largest absolute Gasteiger partial charge is 0.508 e. The van der Waals surface area contributed by atoms with Crippen molar-refractivity contribution in [2.24, 2.45) is 5.73 Å². The highest BCUT2D eigenvalue weighted by molar-refractivity contribution is 5.93. The lowest BCUT2D eigenvalue weighted by atomic mass is 10.0. The number of benzene rings is 1. The number of amides is 3. The maximum Gasteiger partial charge on any atom is 0.326 e. The molecule has 12 nitrogen and oxygen atoms in total. The third kappa shape index (κ3) is 8.58. The molecule has 0 unspecified atom stereocenters. The van der Waals surface area contributed by atoms with Crippen LogP contribution >= 0.6 is 0 Å². The van der Waals surface area contributed by atoms with Crippen LogP contribution in [-0.4, -0.2) is 81.0 Å². The molecule has 0 bridgehead atoms. The molecule has 0 saturated heterocycles. The number of nitrogens with two attached hydrogens (primary N) is 1. The van der Waals surface area contributed by atoms with Gasteiger partial charge in [-0.05, 0) is 31.5 Å². The standard InChI is InChI=1S/C19H28N4O8/c1-9(24)15(20)17(28)21-8-14(27)23-16(10(2)25)18(29)22-13(19(30)31)7-11-3-5-12(26)6-4-11/h3-6,9-10,13,15-16,24-26H,7-8,20H2,1-2H3,(H,21,28)(H,22,29)(H,23,27)(H,30,31)/t9-,10-,13+,15+,16+/m1/s1. The number of carbonyl (C=O) groups excluding carboxylic acids is 3. The second-order valence-electron chi connectivity index (χ2n) is 7.04. The molecule has 0 aliphatic carbocycles. The average Bonchev–Trinajstić information content (AvgIpc) is 2.70. The van der Waals surface area contributed by atoms with E-state index < -0.39 is 60.6 Å². The Balaban J connectivity index is 2.73. The number of nitrogens with one attached hydrogen (secondary N) is 3. The predicted octanol–water partition coefficient (Wildman–Crippen LogP) is -2.81. The Bertz CT molecular complexity index is 782. The second-order valence-corrected chi connectivity index (χ2v) is 7.04. The number of rotatable bonds is 11. The van der Waals surface area contributed by atoms with Crippen molar-refractivity contribution in [2.45, 2.75) is 50.6 Å². The fraction of sp³-hybridized carbons (Fsp3) is 0.474. The Hall–Kier alpha value is -3.22. The molecule has 0 aliphatic rings. The van der Waals surface area contributed by atoms with Gasteiger partial charge in [0.1, 0.15) is 23.9 Å². The number of carboxylic acid groups (broad SMARTS) is 1. The Morgan fingerprint density at radius 2 is 1.55 bits per heavy atom. The van der Waals surface area contributed by atoms with E-state index in [1.807, 2.05) is 0 Å². The highest BCUT2D eigenvalue weighted by atomic mass is 16.4. The van der Waals surface area contributed by atoms with E-state index in [-0.39, 0.29) is 12.2 Å². The van der Waals surface area contributed by atoms with Crippen LogP contribution < -0.4 is 21.7 Å². The first kappa shape index (κ1) is 25.8. The number of aliphatic hydroxyl groups excluding tert-OH is 2. The fourth-order valence-corrected chi connectivity index (χ4v) is 2.46. The Morgan fingerprint density at radius 3 is 2.03 bits per heavy atom. The summed E-state index contributed by atoms with van der Waals surface area (Å²) in [5.74, 6) is -3.91. The minimum absolute atomic E-state index is 0.00182. The van der Waals surface area contributed by atoms with Crippen LogP contribution in [0.25, 0.3) is 0 Å². The van der Waals surface area contributed by atoms with Crippen molar-refractivity contribution < 1.29 is 39.6 Å². The van der Waals surface area contributed by atoms with Gasteiger partial charge in [0.2, 0.25) is 17.7 Å². The number of carbonyl (C=O) groups is 4. The van der Waals surface area contributed by atoms with Crippen molar-refractivity contribution in [3.63, 3.8) is 0 Å². The van der Waals surface area contributed by atoms with Gasteiger partial charge in [-0.2, -0.15) is 0 Å². The summed E-state index contributed by atoms with van der Waals surface area (Å²) in [5, 5.41) is 44.4. The zero-order valence-corrected chi connectivity index (χ0v) is 17.1. The quantitative estimate of drug-likeness (QED) is 0.178. The monoisotopic (exact) mass is 440 g/mol. The zero-order valence-electron chi connectivity index (χ0n) is 17.1. The van der Waals surface area contributed by atoms with Gasteiger partial charge in [0.15, 0.2) is 0 Å². The summed E-state index contributed by atoms with van der Waals surface area (Å²) in [6.07, 6.45) is -2.61. The number of aliphatic hydroxyl groups is 2. The van der Waals surface area contributed by atoms with Crippen LogP contribution in [0.4, 0.5) is 0 Å². The number of hydrogen-bond donors (Lipinski definition) is 8. The van der Waals surface area contributed by atoms with Crippen LogP contribution in [0.3, 0.4) is 0 Å². The van der Waals surface area contributed by atoms with Gasteiger partial charge >= 0.3 is 5.97 Å². The van der Waals surface area contributed by atoms with E-state index in [2.05, 4.69) is 16.0 Å². The van der Waals surface area contributed by atoms with Crippen LogP contribution in [0.2, 0.25) is 0 Å². The molecule has 5 atom stereocenters. The lowest BCUT2D eigenvalue weighted by molar-refractivity contribution is -0.142. The van der Waals surface area contributed by atoms with E-state index in [4.69, 9.17) is 5.73 Å². The average molecular weight is 440 g/mol. The Kier molecular flexibility index (Phi) is 9.86. The van der Waals surface area contributed by atoms with E-state index in [0.29, 0.717) is 5.56 Å². The molecule has 0 heterocycles. The van der Waals surface area contributed by atoms with Crippen LogP contribution in [-0.2, 0) is 25.6 Å². The molecule has 1 rings (SSSR count). The highest BCUT2D eigenvalue weighted by Gasteiger charge is 2.30. The van der Waals surface area contributed by atoms with Gasteiger partial charge in [0.05, 0.1) is 18.8 Å². The van der Waals surface area contributed by atoms with Crippen molar-refractivity contribution in [3.8, 4) is 5.75 Å². The summed E-state index contributed by atoms with van der Waals surface area (Å²) in [5.41, 5.74) is 5.96. The fourth-order valence-electron chi connectivity index (χ4n) is 2.46. The minimum Gasteiger partial charge on any atom is -0.508 e. The van der Waals surface area contributed by atoms with E-state index >= 15 is 0 Å². The first-order chi connectivity index (χ1) is 14.4. The SMILES string of the molecule is C[C@@H](O)[C@H](N)C(=O)NCC(=O)N[C@H](C(=O)N[C@@H](Cc1ccc(O)cc1)C(=O)O)[C@@H](C)O. The first-order valence-electron chi connectivity index (χ1n) is 9.42. The Morgan fingerprint density at radius 1 is 0.968 bits per heavy atom. The number of aromatic hydroxyl groups is 1. The highest BCUT2D eigenvalue weighted by Crippen LogP contribution is 2.11. The van der Waals surface area contributed by atoms with Crippen molar-refractivity contribution in [3.05, 3.63) is 29.8 Å². The lowest BCUT2D eigenvalue weighted by Gasteiger charge is -2.23. The number of phenols is 1. The summed E-state index contributed by atoms with van der Waals surface area (Å²) >= 11 is 0. The normalized spacial score (nSPS) is 15.6. The molecule has 12 heteroatoms. The predicted molar refractivity (Wildman–Crippen MR) is 108 cm³/mol. The summed E-state index contributed by atoms with van der Waals surface area (Å²) in [7, 11) is 0. The Labute approximate surface area is 178 Å². The van der Waals surface area contributed by atoms with Gasteiger partial charge in [0, 0.05) is 6.42 Å². The molecule has 172 valence electrons. The third-order valence-electron chi connectivity index (χ3n) is 4.32. The number of carboxylic acids is 1. The maximum atomic E-state index is 12.5. The van der Waals surface area contributed by atoms with E-state index in [1.165, 1.54) is 38.1 Å². The number of aliphatic carboxylic acids is 1. The smallest absolute Gasteiger partial charge is 0.326 e. The maximum absolute atomic E-state index is 12.5. The minimum atomic E-state index is -1.49. The molecule has 0 aliphatic heterocycles. The van der Waals surface area contributed by atoms with E-state index in [1.54, 1.807) is 0 Å². The molecule has 0 spiro atoms. The summed E-state index contributed by atoms with van der Waals surface area (Å²) in [6, 6.07) is 1.62. The van der Waals surface area contributed by atoms with Gasteiger partial charge in [-0.1, -0.05) is 12.1 Å². The molecule has 0 radical (unpaired) electrons. The van der Waals surface area contributed by atoms with Crippen LogP contribution in [0.1, 0.15) is 19.4 Å². The van der Waals surface area contributed by atoms with Gasteiger partial charge < -0.3 is 42.1 Å². The molecule has 31 heavy (non-hydrogen) atoms. The number of hydrogen-bond acceptors (Lipinski definition) is 8. The van der Waals surface area contributed by atoms with Gasteiger partial charge in [-0.3, -0.25) is 14.4 Å². The summed E-state index contributed by atoms with van der Waals surface area (Å²) in [4.78, 5) is 47.7. The third-order valence-corrected chi connectivity index (χ3v) is 4.32. The van der Waals surface area contributed by atoms with Crippen molar-refractivity contribution in [1.29, 1.82) is 0 Å². The zero-order chi connectivity index (χ0) is 23.7. The van der Waals surface area contributed by atoms with E-state index in [0.717, 1.165) is 0 Å². The van der Waals surface area contributed by atoms with Crippen molar-refractivity contribution in [1.82, 2.24) is 16.0 Å². The van der Waals surface area contributed by atoms with E-state index in [9.17, 15) is 39.6 Å². The van der Waals surface area contributed by atoms with Crippen LogP contribution in [0, 0.1) is 0 Å². The van der Waals surface area contributed by atoms with Crippen LogP contribution in [0.5, 0.6) is 5.75 Å². The van der Waals surface area contributed by atoms with Crippen LogP contribution in [0.15, 0.2) is 24.3 Å². The molecule has 9 N–H and O–H groups in total. The molecular formula is C19H28N4O8. The topological polar surface area (TPSA) is 211 Å². The second kappa shape index (κ2) is 11.8. The van der Waals surface area contributed by atoms with Gasteiger partial charge in [-0.25, -0.2) is 4.79 Å². The molecule has 3 amide bonds. The van der Waals surface area contributed by atoms with Crippen molar-refractivity contribution >= 4 is 23.7 Å². The first-order valence-corrected chi connectivity index (χ1v) is 9.42. The molecule has 1 aromatic carbocycles. The molecule has 1 aromatic rings. The van der Waals surface area contributed by atoms with Crippen molar-refractivity contribution in [2.75, 3.05) is 6.54 Å².